The van der Waals surface area contributed by atoms with Gasteiger partial charge in [0.2, 0.25) is 0 Å². The number of nitrogens with zero attached hydrogens (tertiary/aromatic N) is 4. The van der Waals surface area contributed by atoms with E-state index in [1.807, 2.05) is 6.07 Å². The molecule has 26 heavy (non-hydrogen) atoms. The van der Waals surface area contributed by atoms with E-state index in [-0.39, 0.29) is 17.6 Å². The number of anilines is 1. The Morgan fingerprint density at radius 1 is 1.35 bits per heavy atom. The summed E-state index contributed by atoms with van der Waals surface area (Å²) in [7, 11) is 0. The van der Waals surface area contributed by atoms with E-state index in [1.54, 1.807) is 30.6 Å². The van der Waals surface area contributed by atoms with Crippen molar-refractivity contribution in [3.05, 3.63) is 59.7 Å². The zero-order valence-electron chi connectivity index (χ0n) is 13.9. The van der Waals surface area contributed by atoms with Crippen molar-refractivity contribution in [1.29, 1.82) is 5.26 Å². The summed E-state index contributed by atoms with van der Waals surface area (Å²) < 4.78 is 20.9. The highest BCUT2D eigenvalue weighted by Gasteiger charge is 2.24. The molecule has 0 unspecified atom stereocenters. The third-order valence-corrected chi connectivity index (χ3v) is 4.54. The third kappa shape index (κ3) is 2.80. The first-order valence-corrected chi connectivity index (χ1v) is 8.25. The molecule has 1 atom stereocenters. The summed E-state index contributed by atoms with van der Waals surface area (Å²) in [5, 5.41) is 13.7. The Morgan fingerprint density at radius 2 is 2.19 bits per heavy atom. The number of para-hydroxylation sites is 1. The van der Waals surface area contributed by atoms with Crippen LogP contribution in [0.4, 0.5) is 10.2 Å². The van der Waals surface area contributed by atoms with E-state index in [9.17, 15) is 9.65 Å². The Hall–Kier alpha value is -3.24. The lowest BCUT2D eigenvalue weighted by molar-refractivity contribution is 0.194. The van der Waals surface area contributed by atoms with Gasteiger partial charge in [0.1, 0.15) is 23.4 Å². The topological polar surface area (TPSA) is 89.8 Å². The van der Waals surface area contributed by atoms with Crippen molar-refractivity contribution in [2.75, 3.05) is 18.9 Å². The third-order valence-electron chi connectivity index (χ3n) is 4.54. The summed E-state index contributed by atoms with van der Waals surface area (Å²) in [6.45, 7) is 1.23. The maximum absolute atomic E-state index is 14.0. The number of hydrogen-bond donors (Lipinski definition) is 1. The Bertz CT molecular complexity index is 1000. The van der Waals surface area contributed by atoms with Crippen LogP contribution < -0.4 is 5.73 Å². The van der Waals surface area contributed by atoms with Crippen LogP contribution in [0.5, 0.6) is 0 Å². The van der Waals surface area contributed by atoms with Crippen LogP contribution in [0.25, 0.3) is 16.9 Å². The maximum Gasteiger partial charge on any atom is 0.148 e. The lowest BCUT2D eigenvalue weighted by Crippen LogP contribution is -2.06. The normalized spacial score (nSPS) is 16.5. The van der Waals surface area contributed by atoms with Crippen LogP contribution in [-0.4, -0.2) is 28.0 Å². The highest BCUT2D eigenvalue weighted by molar-refractivity contribution is 5.66. The second kappa shape index (κ2) is 6.58. The van der Waals surface area contributed by atoms with Gasteiger partial charge >= 0.3 is 0 Å². The minimum absolute atomic E-state index is 0.121. The van der Waals surface area contributed by atoms with Gasteiger partial charge in [-0.25, -0.2) is 14.1 Å². The van der Waals surface area contributed by atoms with Gasteiger partial charge in [0.15, 0.2) is 0 Å². The number of nitrogen functional groups attached to an aromatic ring is 1. The van der Waals surface area contributed by atoms with E-state index >= 15 is 0 Å². The Morgan fingerprint density at radius 3 is 2.92 bits per heavy atom. The monoisotopic (exact) mass is 349 g/mol. The fraction of sp³-hybridized carbons (Fsp3) is 0.211. The number of ether oxygens (including phenoxy) is 1. The first kappa shape index (κ1) is 16.2. The summed E-state index contributed by atoms with van der Waals surface area (Å²) >= 11 is 0. The SMILES string of the molecule is N#Cc1c([C@@H]2CCOC2)cc(-c2cnn(-c3ccccc3F)c2)nc1N. The van der Waals surface area contributed by atoms with Gasteiger partial charge in [0.05, 0.1) is 24.1 Å². The Balaban J connectivity index is 1.77. The van der Waals surface area contributed by atoms with Crippen molar-refractivity contribution < 1.29 is 9.13 Å². The average Bonchev–Trinajstić information content (AvgIpc) is 3.33. The molecule has 4 rings (SSSR count). The summed E-state index contributed by atoms with van der Waals surface area (Å²) in [5.41, 5.74) is 8.90. The highest BCUT2D eigenvalue weighted by atomic mass is 19.1. The molecule has 6 nitrogen and oxygen atoms in total. The van der Waals surface area contributed by atoms with Crippen molar-refractivity contribution in [2.45, 2.75) is 12.3 Å². The molecule has 1 aliphatic rings. The predicted molar refractivity (Wildman–Crippen MR) is 94.1 cm³/mol. The van der Waals surface area contributed by atoms with E-state index in [1.165, 1.54) is 10.7 Å². The van der Waals surface area contributed by atoms with E-state index in [0.29, 0.717) is 35.7 Å². The molecule has 2 N–H and O–H groups in total. The largest absolute Gasteiger partial charge is 0.383 e. The number of pyridine rings is 1. The van der Waals surface area contributed by atoms with E-state index in [2.05, 4.69) is 16.2 Å². The first-order chi connectivity index (χ1) is 12.7. The predicted octanol–water partition coefficient (Wildman–Crippen LogP) is 3.03. The molecule has 0 aliphatic carbocycles. The van der Waals surface area contributed by atoms with Crippen molar-refractivity contribution in [2.24, 2.45) is 0 Å². The maximum atomic E-state index is 14.0. The molecule has 2 aromatic heterocycles. The number of hydrogen-bond acceptors (Lipinski definition) is 5. The zero-order valence-corrected chi connectivity index (χ0v) is 13.9. The van der Waals surface area contributed by atoms with Gasteiger partial charge in [0.25, 0.3) is 0 Å². The molecule has 1 fully saturated rings. The Kier molecular flexibility index (Phi) is 4.11. The quantitative estimate of drug-likeness (QED) is 0.785. The standard InChI is InChI=1S/C19H16FN5O/c20-16-3-1-2-4-18(16)25-10-13(9-23-25)17-7-14(12-5-6-26-11-12)15(8-21)19(22)24-17/h1-4,7,9-10,12H,5-6,11H2,(H2,22,24)/t12-/m1/s1. The molecule has 1 saturated heterocycles. The Labute approximate surface area is 149 Å². The molecule has 0 radical (unpaired) electrons. The summed E-state index contributed by atoms with van der Waals surface area (Å²) in [4.78, 5) is 4.34. The number of nitrogens with two attached hydrogens (primary N) is 1. The molecule has 1 aromatic carbocycles. The minimum Gasteiger partial charge on any atom is -0.383 e. The van der Waals surface area contributed by atoms with E-state index < -0.39 is 0 Å². The molecule has 0 amide bonds. The van der Waals surface area contributed by atoms with Crippen LogP contribution in [0.1, 0.15) is 23.5 Å². The second-order valence-electron chi connectivity index (χ2n) is 6.15. The molecule has 0 spiro atoms. The molecule has 0 bridgehead atoms. The molecular weight excluding hydrogens is 333 g/mol. The van der Waals surface area contributed by atoms with Crippen molar-refractivity contribution in [3.63, 3.8) is 0 Å². The summed E-state index contributed by atoms with van der Waals surface area (Å²) in [6, 6.07) is 10.4. The van der Waals surface area contributed by atoms with Crippen LogP contribution in [0.15, 0.2) is 42.7 Å². The number of benzene rings is 1. The highest BCUT2D eigenvalue weighted by Crippen LogP contribution is 2.33. The van der Waals surface area contributed by atoms with Crippen LogP contribution in [0, 0.1) is 17.1 Å². The van der Waals surface area contributed by atoms with Gasteiger partial charge in [-0.15, -0.1) is 0 Å². The lowest BCUT2D eigenvalue weighted by atomic mass is 9.93. The number of nitriles is 1. The fourth-order valence-corrected chi connectivity index (χ4v) is 3.18. The number of halogens is 1. The lowest BCUT2D eigenvalue weighted by Gasteiger charge is -2.13. The smallest absolute Gasteiger partial charge is 0.148 e. The second-order valence-corrected chi connectivity index (χ2v) is 6.15. The first-order valence-electron chi connectivity index (χ1n) is 8.25. The van der Waals surface area contributed by atoms with Gasteiger partial charge in [-0.2, -0.15) is 10.4 Å². The summed E-state index contributed by atoms with van der Waals surface area (Å²) in [6.07, 6.45) is 4.14. The van der Waals surface area contributed by atoms with E-state index in [0.717, 1.165) is 12.0 Å². The molecule has 3 aromatic rings. The zero-order chi connectivity index (χ0) is 18.1. The summed E-state index contributed by atoms with van der Waals surface area (Å²) in [5.74, 6) is -0.0564. The van der Waals surface area contributed by atoms with Crippen molar-refractivity contribution >= 4 is 5.82 Å². The molecule has 1 aliphatic heterocycles. The molecule has 7 heteroatoms. The van der Waals surface area contributed by atoms with E-state index in [4.69, 9.17) is 10.5 Å². The molecule has 3 heterocycles. The van der Waals surface area contributed by atoms with Gasteiger partial charge in [0, 0.05) is 24.3 Å². The van der Waals surface area contributed by atoms with Gasteiger partial charge < -0.3 is 10.5 Å². The van der Waals surface area contributed by atoms with Crippen molar-refractivity contribution in [3.8, 4) is 23.0 Å². The molecule has 0 saturated carbocycles. The van der Waals surface area contributed by atoms with Crippen LogP contribution in [0.2, 0.25) is 0 Å². The average molecular weight is 349 g/mol. The van der Waals surface area contributed by atoms with Crippen molar-refractivity contribution in [1.82, 2.24) is 14.8 Å². The van der Waals surface area contributed by atoms with Crippen LogP contribution in [0.3, 0.4) is 0 Å². The minimum atomic E-state index is -0.363. The molecule has 130 valence electrons. The number of aromatic nitrogens is 3. The van der Waals surface area contributed by atoms with Gasteiger partial charge in [-0.3, -0.25) is 0 Å². The van der Waals surface area contributed by atoms with Gasteiger partial charge in [-0.1, -0.05) is 12.1 Å². The van der Waals surface area contributed by atoms with Crippen LogP contribution in [-0.2, 0) is 4.74 Å². The van der Waals surface area contributed by atoms with Gasteiger partial charge in [-0.05, 0) is 30.2 Å². The van der Waals surface area contributed by atoms with Crippen LogP contribution >= 0.6 is 0 Å². The molecular formula is C19H16FN5O. The fourth-order valence-electron chi connectivity index (χ4n) is 3.18. The number of rotatable bonds is 3.